The first-order chi connectivity index (χ1) is 12.9. The summed E-state index contributed by atoms with van der Waals surface area (Å²) in [7, 11) is 0. The van der Waals surface area contributed by atoms with E-state index in [1.807, 2.05) is 12.1 Å². The number of amides is 4. The lowest BCUT2D eigenvalue weighted by molar-refractivity contribution is -0.133. The molecule has 4 amide bonds. The Kier molecular flexibility index (Phi) is 4.90. The van der Waals surface area contributed by atoms with Crippen molar-refractivity contribution >= 4 is 23.5 Å². The van der Waals surface area contributed by atoms with Crippen LogP contribution in [0.5, 0.6) is 0 Å². The summed E-state index contributed by atoms with van der Waals surface area (Å²) < 4.78 is 0. The zero-order valence-electron chi connectivity index (χ0n) is 14.7. The number of hydrogen-bond acceptors (Lipinski definition) is 4. The molecule has 2 aromatic rings. The van der Waals surface area contributed by atoms with Gasteiger partial charge in [-0.25, -0.2) is 4.79 Å². The van der Waals surface area contributed by atoms with Crippen LogP contribution in [0.3, 0.4) is 0 Å². The van der Waals surface area contributed by atoms with Crippen molar-refractivity contribution in [3.05, 3.63) is 65.7 Å². The Morgan fingerprint density at radius 3 is 2.44 bits per heavy atom. The van der Waals surface area contributed by atoms with Crippen molar-refractivity contribution in [2.75, 3.05) is 11.9 Å². The molecule has 1 fully saturated rings. The van der Waals surface area contributed by atoms with Gasteiger partial charge in [-0.05, 0) is 30.2 Å². The summed E-state index contributed by atoms with van der Waals surface area (Å²) in [6.45, 7) is 1.24. The molecular formula is C20H18N4O3. The normalized spacial score (nSPS) is 18.7. The van der Waals surface area contributed by atoms with E-state index in [-0.39, 0.29) is 13.0 Å². The summed E-state index contributed by atoms with van der Waals surface area (Å²) in [5.41, 5.74) is 0.819. The number of nitrogens with one attached hydrogen (secondary N) is 2. The molecule has 1 aliphatic heterocycles. The zero-order valence-corrected chi connectivity index (χ0v) is 14.7. The van der Waals surface area contributed by atoms with Gasteiger partial charge in [0.1, 0.15) is 12.1 Å². The van der Waals surface area contributed by atoms with Crippen LogP contribution in [-0.2, 0) is 21.5 Å². The highest BCUT2D eigenvalue weighted by atomic mass is 16.2. The molecule has 2 N–H and O–H groups in total. The Bertz CT molecular complexity index is 918. The van der Waals surface area contributed by atoms with Gasteiger partial charge >= 0.3 is 6.03 Å². The first kappa shape index (κ1) is 18.1. The summed E-state index contributed by atoms with van der Waals surface area (Å²) in [6.07, 6.45) is 0.286. The first-order valence-corrected chi connectivity index (χ1v) is 8.39. The average Bonchev–Trinajstić information content (AvgIpc) is 2.88. The summed E-state index contributed by atoms with van der Waals surface area (Å²) >= 11 is 0. The molecule has 3 rings (SSSR count). The molecule has 1 aliphatic rings. The van der Waals surface area contributed by atoms with Crippen molar-refractivity contribution in [2.24, 2.45) is 0 Å². The Morgan fingerprint density at radius 2 is 1.81 bits per heavy atom. The summed E-state index contributed by atoms with van der Waals surface area (Å²) in [4.78, 5) is 38.2. The number of urea groups is 1. The second-order valence-electron chi connectivity index (χ2n) is 6.39. The monoisotopic (exact) mass is 362 g/mol. The number of anilines is 1. The van der Waals surface area contributed by atoms with E-state index in [1.165, 1.54) is 0 Å². The van der Waals surface area contributed by atoms with Crippen LogP contribution in [0.2, 0.25) is 0 Å². The van der Waals surface area contributed by atoms with Crippen LogP contribution in [0.1, 0.15) is 18.1 Å². The summed E-state index contributed by atoms with van der Waals surface area (Å²) in [5.74, 6) is -0.956. The second-order valence-corrected chi connectivity index (χ2v) is 6.39. The standard InChI is InChI=1S/C20H18N4O3/c1-20(15-5-3-2-4-6-15)18(26)24(19(27)23-20)13-17(25)22-16-9-7-14(8-10-16)11-12-21/h2-10H,11,13H2,1H3,(H,22,25)(H,23,27)/t20-/m0/s1. The van der Waals surface area contributed by atoms with Gasteiger partial charge < -0.3 is 10.6 Å². The maximum absolute atomic E-state index is 12.8. The fourth-order valence-electron chi connectivity index (χ4n) is 2.95. The third-order valence-corrected chi connectivity index (χ3v) is 4.45. The van der Waals surface area contributed by atoms with Gasteiger partial charge in [-0.1, -0.05) is 42.5 Å². The Hall–Kier alpha value is -3.66. The molecule has 136 valence electrons. The third kappa shape index (κ3) is 3.65. The molecule has 1 saturated heterocycles. The van der Waals surface area contributed by atoms with Gasteiger partial charge in [0.25, 0.3) is 5.91 Å². The molecular weight excluding hydrogens is 344 g/mol. The third-order valence-electron chi connectivity index (χ3n) is 4.45. The summed E-state index contributed by atoms with van der Waals surface area (Å²) in [5, 5.41) is 14.0. The first-order valence-electron chi connectivity index (χ1n) is 8.39. The van der Waals surface area contributed by atoms with Crippen LogP contribution < -0.4 is 10.6 Å². The summed E-state index contributed by atoms with van der Waals surface area (Å²) in [6, 6.07) is 17.2. The van der Waals surface area contributed by atoms with Crippen LogP contribution in [0.25, 0.3) is 0 Å². The van der Waals surface area contributed by atoms with Gasteiger partial charge in [0.2, 0.25) is 5.91 Å². The van der Waals surface area contributed by atoms with Crippen molar-refractivity contribution in [1.82, 2.24) is 10.2 Å². The van der Waals surface area contributed by atoms with E-state index in [0.29, 0.717) is 11.3 Å². The maximum atomic E-state index is 12.8. The van der Waals surface area contributed by atoms with Crippen molar-refractivity contribution in [3.8, 4) is 6.07 Å². The molecule has 0 radical (unpaired) electrons. The van der Waals surface area contributed by atoms with Gasteiger partial charge in [-0.3, -0.25) is 14.5 Å². The Labute approximate surface area is 156 Å². The average molecular weight is 362 g/mol. The van der Waals surface area contributed by atoms with Gasteiger partial charge in [0, 0.05) is 5.69 Å². The second kappa shape index (κ2) is 7.30. The van der Waals surface area contributed by atoms with Crippen LogP contribution >= 0.6 is 0 Å². The Morgan fingerprint density at radius 1 is 1.15 bits per heavy atom. The number of nitrogens with zero attached hydrogens (tertiary/aromatic N) is 2. The fourth-order valence-corrected chi connectivity index (χ4v) is 2.95. The van der Waals surface area contributed by atoms with Crippen molar-refractivity contribution in [3.63, 3.8) is 0 Å². The van der Waals surface area contributed by atoms with E-state index < -0.39 is 23.4 Å². The predicted octanol–water partition coefficient (Wildman–Crippen LogP) is 2.16. The van der Waals surface area contributed by atoms with Crippen LogP contribution in [0.15, 0.2) is 54.6 Å². The highest BCUT2D eigenvalue weighted by molar-refractivity contribution is 6.10. The number of carbonyl (C=O) groups is 3. The highest BCUT2D eigenvalue weighted by Gasteiger charge is 2.49. The van der Waals surface area contributed by atoms with E-state index in [4.69, 9.17) is 5.26 Å². The van der Waals surface area contributed by atoms with E-state index in [1.54, 1.807) is 55.5 Å². The minimum atomic E-state index is -1.20. The smallest absolute Gasteiger partial charge is 0.325 e. The molecule has 27 heavy (non-hydrogen) atoms. The fraction of sp³-hybridized carbons (Fsp3) is 0.200. The SMILES string of the molecule is C[C@@]1(c2ccccc2)NC(=O)N(CC(=O)Nc2ccc(CC#N)cc2)C1=O. The maximum Gasteiger partial charge on any atom is 0.325 e. The molecule has 0 spiro atoms. The minimum Gasteiger partial charge on any atom is -0.325 e. The van der Waals surface area contributed by atoms with Gasteiger partial charge in [-0.2, -0.15) is 5.26 Å². The van der Waals surface area contributed by atoms with Crippen LogP contribution in [0.4, 0.5) is 10.5 Å². The van der Waals surface area contributed by atoms with Crippen molar-refractivity contribution < 1.29 is 14.4 Å². The number of nitriles is 1. The minimum absolute atomic E-state index is 0.286. The van der Waals surface area contributed by atoms with Gasteiger partial charge in [-0.15, -0.1) is 0 Å². The van der Waals surface area contributed by atoms with Crippen LogP contribution in [0, 0.1) is 11.3 Å². The van der Waals surface area contributed by atoms with Crippen LogP contribution in [-0.4, -0.2) is 29.3 Å². The largest absolute Gasteiger partial charge is 0.325 e. The molecule has 0 unspecified atom stereocenters. The lowest BCUT2D eigenvalue weighted by atomic mass is 9.92. The van der Waals surface area contributed by atoms with E-state index in [0.717, 1.165) is 10.5 Å². The predicted molar refractivity (Wildman–Crippen MR) is 98.4 cm³/mol. The molecule has 7 heteroatoms. The Balaban J connectivity index is 1.68. The van der Waals surface area contributed by atoms with E-state index in [2.05, 4.69) is 10.6 Å². The van der Waals surface area contributed by atoms with Crippen molar-refractivity contribution in [2.45, 2.75) is 18.9 Å². The molecule has 0 aliphatic carbocycles. The zero-order chi connectivity index (χ0) is 19.4. The van der Waals surface area contributed by atoms with Crippen molar-refractivity contribution in [1.29, 1.82) is 5.26 Å². The quantitative estimate of drug-likeness (QED) is 0.796. The van der Waals surface area contributed by atoms with E-state index >= 15 is 0 Å². The highest BCUT2D eigenvalue weighted by Crippen LogP contribution is 2.28. The number of imide groups is 1. The number of hydrogen-bond donors (Lipinski definition) is 2. The van der Waals surface area contributed by atoms with E-state index in [9.17, 15) is 14.4 Å². The molecule has 2 aromatic carbocycles. The lowest BCUT2D eigenvalue weighted by Gasteiger charge is -2.22. The molecule has 0 bridgehead atoms. The number of rotatable bonds is 5. The number of benzene rings is 2. The molecule has 1 heterocycles. The number of carbonyl (C=O) groups excluding carboxylic acids is 3. The molecule has 0 aromatic heterocycles. The topological polar surface area (TPSA) is 102 Å². The molecule has 7 nitrogen and oxygen atoms in total. The molecule has 1 atom stereocenters. The molecule has 0 saturated carbocycles. The lowest BCUT2D eigenvalue weighted by Crippen LogP contribution is -2.42. The van der Waals surface area contributed by atoms with Gasteiger partial charge in [0.05, 0.1) is 12.5 Å². The van der Waals surface area contributed by atoms with Gasteiger partial charge in [0.15, 0.2) is 0 Å².